The van der Waals surface area contributed by atoms with Crippen LogP contribution in [0.3, 0.4) is 0 Å². The zero-order valence-electron chi connectivity index (χ0n) is 10.8. The molecule has 96 valence electrons. The largest absolute Gasteiger partial charge is 0.506 e. The van der Waals surface area contributed by atoms with Crippen LogP contribution in [-0.2, 0) is 19.3 Å². The number of nitrogens with zero attached hydrogens (tertiary/aromatic N) is 1. The lowest BCUT2D eigenvalue weighted by molar-refractivity contribution is 0.122. The van der Waals surface area contributed by atoms with Gasteiger partial charge in [-0.05, 0) is 12.1 Å². The number of hydrogen-bond acceptors (Lipinski definition) is 4. The third-order valence-corrected chi connectivity index (χ3v) is 5.65. The van der Waals surface area contributed by atoms with E-state index in [0.29, 0.717) is 6.04 Å². The van der Waals surface area contributed by atoms with E-state index in [4.69, 9.17) is 13.3 Å². The minimum Gasteiger partial charge on any atom is -0.377 e. The first kappa shape index (κ1) is 13.2. The van der Waals surface area contributed by atoms with Gasteiger partial charge in [-0.1, -0.05) is 24.3 Å². The summed E-state index contributed by atoms with van der Waals surface area (Å²) in [5.74, 6) is 0. The van der Waals surface area contributed by atoms with Gasteiger partial charge in [-0.25, -0.2) is 0 Å². The highest BCUT2D eigenvalue weighted by molar-refractivity contribution is 6.59. The van der Waals surface area contributed by atoms with Crippen molar-refractivity contribution in [2.75, 3.05) is 21.3 Å². The number of fused-ring (bicyclic) bond motifs is 1. The van der Waals surface area contributed by atoms with Gasteiger partial charge in [0, 0.05) is 32.4 Å². The Bertz CT molecular complexity index is 520. The zero-order chi connectivity index (χ0) is 13.0. The van der Waals surface area contributed by atoms with Crippen LogP contribution in [0.25, 0.3) is 10.9 Å². The van der Waals surface area contributed by atoms with Gasteiger partial charge in [0.1, 0.15) is 0 Å². The molecule has 1 aromatic carbocycles. The van der Waals surface area contributed by atoms with Crippen molar-refractivity contribution in [2.24, 2.45) is 0 Å². The average Bonchev–Trinajstić information content (AvgIpc) is 2.45. The van der Waals surface area contributed by atoms with Crippen molar-refractivity contribution in [3.8, 4) is 0 Å². The fraction of sp³-hybridized carbons (Fsp3) is 0.308. The molecule has 0 amide bonds. The molecule has 0 saturated heterocycles. The van der Waals surface area contributed by atoms with Crippen LogP contribution < -0.4 is 0 Å². The summed E-state index contributed by atoms with van der Waals surface area (Å²) in [6, 6.07) is 12.6. The number of rotatable bonds is 5. The molecule has 2 aromatic rings. The van der Waals surface area contributed by atoms with Crippen LogP contribution in [0.1, 0.15) is 5.69 Å². The van der Waals surface area contributed by atoms with Gasteiger partial charge in [-0.3, -0.25) is 4.98 Å². The van der Waals surface area contributed by atoms with Crippen LogP contribution >= 0.6 is 0 Å². The Kier molecular flexibility index (Phi) is 4.08. The highest BCUT2D eigenvalue weighted by Gasteiger charge is 2.38. The number of pyridine rings is 1. The summed E-state index contributed by atoms with van der Waals surface area (Å²) >= 11 is 0. The monoisotopic (exact) mass is 263 g/mol. The van der Waals surface area contributed by atoms with Crippen molar-refractivity contribution in [3.63, 3.8) is 0 Å². The van der Waals surface area contributed by atoms with E-state index in [1.165, 1.54) is 0 Å². The normalized spacial score (nSPS) is 11.9. The van der Waals surface area contributed by atoms with Gasteiger partial charge in [-0.15, -0.1) is 0 Å². The van der Waals surface area contributed by atoms with E-state index in [1.54, 1.807) is 21.3 Å². The van der Waals surface area contributed by atoms with Gasteiger partial charge in [0.05, 0.1) is 11.6 Å². The highest BCUT2D eigenvalue weighted by Crippen LogP contribution is 2.17. The second kappa shape index (κ2) is 5.58. The van der Waals surface area contributed by atoms with Gasteiger partial charge in [0.15, 0.2) is 0 Å². The number of aromatic nitrogens is 1. The lowest BCUT2D eigenvalue weighted by atomic mass is 10.2. The molecule has 0 radical (unpaired) electrons. The van der Waals surface area contributed by atoms with Crippen molar-refractivity contribution in [1.29, 1.82) is 0 Å². The second-order valence-electron chi connectivity index (χ2n) is 3.97. The molecular formula is C13H17NO3Si. The molecule has 18 heavy (non-hydrogen) atoms. The maximum Gasteiger partial charge on any atom is 0.506 e. The van der Waals surface area contributed by atoms with Gasteiger partial charge in [-0.2, -0.15) is 0 Å². The van der Waals surface area contributed by atoms with E-state index >= 15 is 0 Å². The zero-order valence-corrected chi connectivity index (χ0v) is 11.8. The molecule has 0 atom stereocenters. The summed E-state index contributed by atoms with van der Waals surface area (Å²) in [5, 5.41) is 1.13. The lowest BCUT2D eigenvalue weighted by Gasteiger charge is -2.23. The Hall–Kier alpha value is -1.27. The molecule has 0 aliphatic carbocycles. The molecule has 0 bridgehead atoms. The number of para-hydroxylation sites is 1. The summed E-state index contributed by atoms with van der Waals surface area (Å²) in [6.07, 6.45) is 0. The Labute approximate surface area is 108 Å². The van der Waals surface area contributed by atoms with Crippen molar-refractivity contribution in [2.45, 2.75) is 6.04 Å². The van der Waals surface area contributed by atoms with E-state index in [9.17, 15) is 0 Å². The minimum atomic E-state index is -2.61. The predicted octanol–water partition coefficient (Wildman–Crippen LogP) is 2.19. The maximum absolute atomic E-state index is 5.41. The smallest absolute Gasteiger partial charge is 0.377 e. The summed E-state index contributed by atoms with van der Waals surface area (Å²) in [7, 11) is 2.23. The first-order chi connectivity index (χ1) is 8.73. The van der Waals surface area contributed by atoms with Gasteiger partial charge < -0.3 is 13.3 Å². The van der Waals surface area contributed by atoms with Gasteiger partial charge in [0.2, 0.25) is 0 Å². The SMILES string of the molecule is CO[Si](Cc1ccc2ccccc2n1)(OC)OC. The number of hydrogen-bond donors (Lipinski definition) is 0. The predicted molar refractivity (Wildman–Crippen MR) is 72.2 cm³/mol. The van der Waals surface area contributed by atoms with Crippen LogP contribution in [0.4, 0.5) is 0 Å². The third-order valence-electron chi connectivity index (χ3n) is 2.99. The van der Waals surface area contributed by atoms with E-state index < -0.39 is 8.80 Å². The van der Waals surface area contributed by atoms with Crippen molar-refractivity contribution >= 4 is 19.7 Å². The highest BCUT2D eigenvalue weighted by atomic mass is 28.4. The molecule has 2 rings (SSSR count). The Morgan fingerprint density at radius 3 is 2.28 bits per heavy atom. The topological polar surface area (TPSA) is 40.6 Å². The molecule has 4 nitrogen and oxygen atoms in total. The molecule has 0 unspecified atom stereocenters. The molecule has 0 N–H and O–H groups in total. The third kappa shape index (κ3) is 2.59. The summed E-state index contributed by atoms with van der Waals surface area (Å²) in [6.45, 7) is 0. The second-order valence-corrected chi connectivity index (χ2v) is 6.91. The summed E-state index contributed by atoms with van der Waals surface area (Å²) < 4.78 is 16.2. The fourth-order valence-electron chi connectivity index (χ4n) is 1.90. The molecule has 0 aliphatic rings. The van der Waals surface area contributed by atoms with Crippen molar-refractivity contribution in [3.05, 3.63) is 42.1 Å². The van der Waals surface area contributed by atoms with E-state index in [2.05, 4.69) is 11.1 Å². The Morgan fingerprint density at radius 2 is 1.61 bits per heavy atom. The van der Waals surface area contributed by atoms with E-state index in [0.717, 1.165) is 16.6 Å². The maximum atomic E-state index is 5.41. The quantitative estimate of drug-likeness (QED) is 0.775. The van der Waals surface area contributed by atoms with Gasteiger partial charge >= 0.3 is 8.80 Å². The fourth-order valence-corrected chi connectivity index (χ4v) is 3.47. The number of benzene rings is 1. The van der Waals surface area contributed by atoms with Crippen LogP contribution in [0.5, 0.6) is 0 Å². The standard InChI is InChI=1S/C13H17NO3Si/c1-15-18(16-2,17-3)10-12-9-8-11-6-4-5-7-13(11)14-12/h4-9H,10H2,1-3H3. The van der Waals surface area contributed by atoms with Crippen LogP contribution in [0.15, 0.2) is 36.4 Å². The molecule has 0 fully saturated rings. The van der Waals surface area contributed by atoms with Crippen molar-refractivity contribution in [1.82, 2.24) is 4.98 Å². The first-order valence-corrected chi connectivity index (χ1v) is 7.66. The van der Waals surface area contributed by atoms with Crippen LogP contribution in [-0.4, -0.2) is 35.1 Å². The molecule has 0 aliphatic heterocycles. The summed E-state index contributed by atoms with van der Waals surface area (Å²) in [5.41, 5.74) is 1.90. The summed E-state index contributed by atoms with van der Waals surface area (Å²) in [4.78, 5) is 4.60. The molecule has 0 spiro atoms. The van der Waals surface area contributed by atoms with Crippen molar-refractivity contribution < 1.29 is 13.3 Å². The molecule has 0 saturated carbocycles. The molecule has 5 heteroatoms. The minimum absolute atomic E-state index is 0.571. The van der Waals surface area contributed by atoms with E-state index in [-0.39, 0.29) is 0 Å². The van der Waals surface area contributed by atoms with Crippen LogP contribution in [0, 0.1) is 0 Å². The molecule has 1 aromatic heterocycles. The average molecular weight is 263 g/mol. The lowest BCUT2D eigenvalue weighted by Crippen LogP contribution is -2.45. The first-order valence-electron chi connectivity index (χ1n) is 5.73. The van der Waals surface area contributed by atoms with Crippen LogP contribution in [0.2, 0.25) is 0 Å². The Morgan fingerprint density at radius 1 is 0.944 bits per heavy atom. The Balaban J connectivity index is 2.31. The molecule has 1 heterocycles. The van der Waals surface area contributed by atoms with E-state index in [1.807, 2.05) is 30.3 Å². The van der Waals surface area contributed by atoms with Gasteiger partial charge in [0.25, 0.3) is 0 Å². The molecular weight excluding hydrogens is 246 g/mol.